The summed E-state index contributed by atoms with van der Waals surface area (Å²) in [5, 5.41) is 0. The summed E-state index contributed by atoms with van der Waals surface area (Å²) in [5.74, 6) is -1.77. The third-order valence-corrected chi connectivity index (χ3v) is 2.06. The number of amides is 2. The molecule has 0 bridgehead atoms. The molecule has 1 aliphatic heterocycles. The van der Waals surface area contributed by atoms with Gasteiger partial charge in [0, 0.05) is 18.7 Å². The summed E-state index contributed by atoms with van der Waals surface area (Å²) in [6.45, 7) is 4.94. The zero-order chi connectivity index (χ0) is 13.2. The average molecular weight is 277 g/mol. The lowest BCUT2D eigenvalue weighted by Crippen LogP contribution is -2.51. The number of rotatable bonds is 3. The normalized spacial score (nSPS) is 16.6. The van der Waals surface area contributed by atoms with Gasteiger partial charge in [-0.25, -0.2) is 4.79 Å². The molecule has 2 N–H and O–H groups in total. The van der Waals surface area contributed by atoms with Gasteiger partial charge in [-0.3, -0.25) is 14.5 Å². The molecule has 0 saturated carbocycles. The fourth-order valence-corrected chi connectivity index (χ4v) is 1.40. The van der Waals surface area contributed by atoms with Crippen LogP contribution in [-0.2, 0) is 19.1 Å². The van der Waals surface area contributed by atoms with Crippen molar-refractivity contribution in [2.75, 3.05) is 6.54 Å². The van der Waals surface area contributed by atoms with Crippen molar-refractivity contribution in [3.05, 3.63) is 12.2 Å². The van der Waals surface area contributed by atoms with Crippen molar-refractivity contribution < 1.29 is 19.1 Å². The number of nitrogens with two attached hydrogens (primary N) is 1. The van der Waals surface area contributed by atoms with Crippen LogP contribution in [0.15, 0.2) is 12.2 Å². The van der Waals surface area contributed by atoms with Crippen LogP contribution in [0.1, 0.15) is 20.8 Å². The summed E-state index contributed by atoms with van der Waals surface area (Å²) >= 11 is 0. The van der Waals surface area contributed by atoms with Gasteiger partial charge in [0.15, 0.2) is 0 Å². The predicted octanol–water partition coefficient (Wildman–Crippen LogP) is 0.00220. The Hall–Kier alpha value is -1.40. The summed E-state index contributed by atoms with van der Waals surface area (Å²) in [5.41, 5.74) is 4.73. The van der Waals surface area contributed by atoms with E-state index in [0.717, 1.165) is 17.1 Å². The van der Waals surface area contributed by atoms with Crippen LogP contribution in [-0.4, -0.2) is 40.9 Å². The van der Waals surface area contributed by atoms with Crippen LogP contribution in [0.25, 0.3) is 0 Å². The lowest BCUT2D eigenvalue weighted by Gasteiger charge is -2.27. The van der Waals surface area contributed by atoms with Crippen LogP contribution in [0.2, 0.25) is 0 Å². The van der Waals surface area contributed by atoms with Crippen LogP contribution in [0.3, 0.4) is 0 Å². The Morgan fingerprint density at radius 1 is 1.33 bits per heavy atom. The van der Waals surface area contributed by atoms with Gasteiger partial charge in [-0.15, -0.1) is 12.4 Å². The largest absolute Gasteiger partial charge is 0.458 e. The molecule has 0 fully saturated rings. The Morgan fingerprint density at radius 3 is 2.11 bits per heavy atom. The van der Waals surface area contributed by atoms with Crippen molar-refractivity contribution in [2.24, 2.45) is 5.73 Å². The zero-order valence-corrected chi connectivity index (χ0v) is 11.3. The maximum Gasteiger partial charge on any atom is 0.331 e. The molecule has 0 unspecified atom stereocenters. The number of carbonyl (C=O) groups is 3. The standard InChI is InChI=1S/C11H16N2O4.ClH/c1-11(2,3)17-10(16)7(6-12)13-8(14)4-5-9(13)15;/h4-5,7H,6,12H2,1-3H3;1H/t7-;/m0./s1. The van der Waals surface area contributed by atoms with E-state index in [1.807, 2.05) is 0 Å². The smallest absolute Gasteiger partial charge is 0.331 e. The number of carbonyl (C=O) groups excluding carboxylic acids is 3. The quantitative estimate of drug-likeness (QED) is 0.579. The maximum atomic E-state index is 11.8. The molecule has 1 rings (SSSR count). The second-order valence-electron chi connectivity index (χ2n) is 4.66. The van der Waals surface area contributed by atoms with Crippen molar-refractivity contribution in [1.29, 1.82) is 0 Å². The number of imide groups is 1. The van der Waals surface area contributed by atoms with Gasteiger partial charge in [0.1, 0.15) is 11.6 Å². The summed E-state index contributed by atoms with van der Waals surface area (Å²) in [4.78, 5) is 35.4. The van der Waals surface area contributed by atoms with E-state index in [4.69, 9.17) is 10.5 Å². The second kappa shape index (κ2) is 5.97. The summed E-state index contributed by atoms with van der Waals surface area (Å²) in [7, 11) is 0. The Morgan fingerprint density at radius 2 is 1.78 bits per heavy atom. The summed E-state index contributed by atoms with van der Waals surface area (Å²) < 4.78 is 5.11. The number of halogens is 1. The summed E-state index contributed by atoms with van der Waals surface area (Å²) in [6, 6.07) is -1.07. The number of esters is 1. The van der Waals surface area contributed by atoms with Gasteiger partial charge in [-0.05, 0) is 20.8 Å². The van der Waals surface area contributed by atoms with Gasteiger partial charge in [0.05, 0.1) is 0 Å². The fourth-order valence-electron chi connectivity index (χ4n) is 1.40. The molecule has 1 aliphatic rings. The first-order valence-electron chi connectivity index (χ1n) is 5.24. The fraction of sp³-hybridized carbons (Fsp3) is 0.545. The maximum absolute atomic E-state index is 11.8. The molecule has 0 aromatic carbocycles. The molecule has 0 aromatic rings. The van der Waals surface area contributed by atoms with E-state index in [-0.39, 0.29) is 19.0 Å². The second-order valence-corrected chi connectivity index (χ2v) is 4.66. The number of hydrogen-bond donors (Lipinski definition) is 1. The van der Waals surface area contributed by atoms with Crippen molar-refractivity contribution in [2.45, 2.75) is 32.4 Å². The summed E-state index contributed by atoms with van der Waals surface area (Å²) in [6.07, 6.45) is 2.21. The molecule has 1 heterocycles. The van der Waals surface area contributed by atoms with Crippen molar-refractivity contribution in [3.8, 4) is 0 Å². The lowest BCUT2D eigenvalue weighted by molar-refractivity contribution is -0.165. The highest BCUT2D eigenvalue weighted by atomic mass is 35.5. The first kappa shape index (κ1) is 16.6. The number of hydrogen-bond acceptors (Lipinski definition) is 5. The van der Waals surface area contributed by atoms with Gasteiger partial charge in [0.25, 0.3) is 11.8 Å². The Balaban J connectivity index is 0.00000289. The average Bonchev–Trinajstić information content (AvgIpc) is 2.47. The monoisotopic (exact) mass is 276 g/mol. The van der Waals surface area contributed by atoms with E-state index in [1.54, 1.807) is 20.8 Å². The Bertz CT molecular complexity index is 369. The lowest BCUT2D eigenvalue weighted by atomic mass is 10.2. The van der Waals surface area contributed by atoms with Crippen LogP contribution >= 0.6 is 12.4 Å². The minimum Gasteiger partial charge on any atom is -0.458 e. The van der Waals surface area contributed by atoms with Crippen molar-refractivity contribution in [3.63, 3.8) is 0 Å². The molecule has 0 spiro atoms. The van der Waals surface area contributed by atoms with Gasteiger partial charge in [0.2, 0.25) is 0 Å². The topological polar surface area (TPSA) is 89.7 Å². The number of ether oxygens (including phenoxy) is 1. The van der Waals surface area contributed by atoms with Crippen LogP contribution in [0.5, 0.6) is 0 Å². The van der Waals surface area contributed by atoms with Gasteiger partial charge < -0.3 is 10.5 Å². The zero-order valence-electron chi connectivity index (χ0n) is 10.5. The van der Waals surface area contributed by atoms with Crippen molar-refractivity contribution in [1.82, 2.24) is 4.90 Å². The first-order valence-corrected chi connectivity index (χ1v) is 5.24. The van der Waals surface area contributed by atoms with E-state index >= 15 is 0 Å². The van der Waals surface area contributed by atoms with E-state index in [9.17, 15) is 14.4 Å². The molecule has 0 saturated heterocycles. The van der Waals surface area contributed by atoms with E-state index in [2.05, 4.69) is 0 Å². The van der Waals surface area contributed by atoms with Crippen LogP contribution < -0.4 is 5.73 Å². The molecule has 0 aromatic heterocycles. The van der Waals surface area contributed by atoms with Gasteiger partial charge in [-0.1, -0.05) is 0 Å². The molecule has 0 aliphatic carbocycles. The van der Waals surface area contributed by atoms with Gasteiger partial charge in [-0.2, -0.15) is 0 Å². The molecular formula is C11H17ClN2O4. The highest BCUT2D eigenvalue weighted by Gasteiger charge is 2.37. The van der Waals surface area contributed by atoms with E-state index in [0.29, 0.717) is 0 Å². The third kappa shape index (κ3) is 3.82. The highest BCUT2D eigenvalue weighted by Crippen LogP contribution is 2.14. The predicted molar refractivity (Wildman–Crippen MR) is 66.9 cm³/mol. The van der Waals surface area contributed by atoms with Crippen LogP contribution in [0, 0.1) is 0 Å². The van der Waals surface area contributed by atoms with E-state index < -0.39 is 29.4 Å². The molecule has 18 heavy (non-hydrogen) atoms. The SMILES string of the molecule is CC(C)(C)OC(=O)[C@H](CN)N1C(=O)C=CC1=O.Cl. The first-order chi connectivity index (χ1) is 7.76. The van der Waals surface area contributed by atoms with Crippen molar-refractivity contribution >= 4 is 30.2 Å². The number of nitrogens with zero attached hydrogens (tertiary/aromatic N) is 1. The molecule has 1 atom stereocenters. The van der Waals surface area contributed by atoms with E-state index in [1.165, 1.54) is 0 Å². The molecule has 7 heteroatoms. The molecule has 6 nitrogen and oxygen atoms in total. The highest BCUT2D eigenvalue weighted by molar-refractivity contribution is 6.14. The third-order valence-electron chi connectivity index (χ3n) is 2.06. The molecule has 2 amide bonds. The Kier molecular flexibility index (Phi) is 5.51. The van der Waals surface area contributed by atoms with Gasteiger partial charge >= 0.3 is 5.97 Å². The minimum absolute atomic E-state index is 0. The molecule has 0 radical (unpaired) electrons. The molecular weight excluding hydrogens is 260 g/mol. The molecule has 102 valence electrons. The minimum atomic E-state index is -1.07. The van der Waals surface area contributed by atoms with Crippen LogP contribution in [0.4, 0.5) is 0 Å². The Labute approximate surface area is 112 Å².